The molecule has 0 bridgehead atoms. The SMILES string of the molecule is Cc1ccc(N)nc1N(CC(=O)OC(C)(C)C)C(=O)OC(C)(C)C. The van der Waals surface area contributed by atoms with Gasteiger partial charge in [-0.25, -0.2) is 14.7 Å². The van der Waals surface area contributed by atoms with Crippen molar-refractivity contribution in [2.75, 3.05) is 17.2 Å². The van der Waals surface area contributed by atoms with Crippen LogP contribution in [-0.2, 0) is 14.3 Å². The van der Waals surface area contributed by atoms with Gasteiger partial charge in [0.1, 0.15) is 29.4 Å². The number of hydrogen-bond donors (Lipinski definition) is 1. The van der Waals surface area contributed by atoms with Crippen LogP contribution >= 0.6 is 0 Å². The molecule has 7 nitrogen and oxygen atoms in total. The van der Waals surface area contributed by atoms with Gasteiger partial charge in [0.15, 0.2) is 0 Å². The molecule has 1 amide bonds. The van der Waals surface area contributed by atoms with Crippen LogP contribution in [0.15, 0.2) is 12.1 Å². The van der Waals surface area contributed by atoms with E-state index in [9.17, 15) is 9.59 Å². The molecular formula is C17H27N3O4. The maximum Gasteiger partial charge on any atom is 0.416 e. The summed E-state index contributed by atoms with van der Waals surface area (Å²) in [6.45, 7) is 12.0. The molecule has 0 saturated carbocycles. The summed E-state index contributed by atoms with van der Waals surface area (Å²) in [5.74, 6) is -0.0413. The van der Waals surface area contributed by atoms with E-state index in [-0.39, 0.29) is 18.2 Å². The van der Waals surface area contributed by atoms with E-state index >= 15 is 0 Å². The summed E-state index contributed by atoms with van der Waals surface area (Å²) in [7, 11) is 0. The molecule has 0 aliphatic heterocycles. The van der Waals surface area contributed by atoms with E-state index in [1.165, 1.54) is 0 Å². The maximum absolute atomic E-state index is 12.5. The molecule has 0 unspecified atom stereocenters. The van der Waals surface area contributed by atoms with Crippen LogP contribution in [0.25, 0.3) is 0 Å². The van der Waals surface area contributed by atoms with Crippen LogP contribution < -0.4 is 10.6 Å². The van der Waals surface area contributed by atoms with Gasteiger partial charge in [-0.2, -0.15) is 0 Å². The number of nitrogens with two attached hydrogens (primary N) is 1. The molecule has 1 rings (SSSR count). The lowest BCUT2D eigenvalue weighted by Gasteiger charge is -2.28. The van der Waals surface area contributed by atoms with Crippen LogP contribution in [0.2, 0.25) is 0 Å². The van der Waals surface area contributed by atoms with Gasteiger partial charge in [0.2, 0.25) is 0 Å². The summed E-state index contributed by atoms with van der Waals surface area (Å²) in [5.41, 5.74) is 5.04. The van der Waals surface area contributed by atoms with Gasteiger partial charge in [0.25, 0.3) is 0 Å². The van der Waals surface area contributed by atoms with Gasteiger partial charge in [-0.1, -0.05) is 6.07 Å². The molecule has 0 fully saturated rings. The quantitative estimate of drug-likeness (QED) is 0.852. The molecule has 24 heavy (non-hydrogen) atoms. The summed E-state index contributed by atoms with van der Waals surface area (Å²) in [6, 6.07) is 3.35. The fourth-order valence-electron chi connectivity index (χ4n) is 1.85. The molecule has 7 heteroatoms. The topological polar surface area (TPSA) is 94.8 Å². The number of pyridine rings is 1. The van der Waals surface area contributed by atoms with E-state index in [2.05, 4.69) is 4.98 Å². The van der Waals surface area contributed by atoms with Gasteiger partial charge in [-0.05, 0) is 60.1 Å². The van der Waals surface area contributed by atoms with Crippen molar-refractivity contribution >= 4 is 23.7 Å². The van der Waals surface area contributed by atoms with Crippen LogP contribution in [-0.4, -0.2) is 34.8 Å². The first-order valence-corrected chi connectivity index (χ1v) is 7.74. The van der Waals surface area contributed by atoms with Crippen LogP contribution in [0.3, 0.4) is 0 Å². The molecule has 1 aromatic heterocycles. The number of carbonyl (C=O) groups excluding carboxylic acids is 2. The van der Waals surface area contributed by atoms with E-state index < -0.39 is 23.3 Å². The van der Waals surface area contributed by atoms with E-state index in [4.69, 9.17) is 15.2 Å². The standard InChI is InChI=1S/C17H27N3O4/c1-11-8-9-12(18)19-14(11)20(15(22)24-17(5,6)7)10-13(21)23-16(2,3)4/h8-9H,10H2,1-7H3,(H2,18,19). The second kappa shape index (κ2) is 7.07. The molecule has 1 aromatic rings. The Labute approximate surface area is 143 Å². The van der Waals surface area contributed by atoms with Crippen LogP contribution in [0.4, 0.5) is 16.4 Å². The van der Waals surface area contributed by atoms with Crippen molar-refractivity contribution in [3.63, 3.8) is 0 Å². The molecule has 0 aliphatic rings. The Morgan fingerprint density at radius 2 is 1.62 bits per heavy atom. The average Bonchev–Trinajstić information content (AvgIpc) is 2.35. The molecular weight excluding hydrogens is 310 g/mol. The number of carbonyl (C=O) groups is 2. The first-order valence-electron chi connectivity index (χ1n) is 7.74. The van der Waals surface area contributed by atoms with Crippen molar-refractivity contribution in [1.29, 1.82) is 0 Å². The summed E-state index contributed by atoms with van der Waals surface area (Å²) in [4.78, 5) is 30.0. The van der Waals surface area contributed by atoms with E-state index in [1.54, 1.807) is 60.6 Å². The second-order valence-corrected chi connectivity index (χ2v) is 7.53. The number of nitrogen functional groups attached to an aromatic ring is 1. The molecule has 134 valence electrons. The van der Waals surface area contributed by atoms with Gasteiger partial charge >= 0.3 is 12.1 Å². The lowest BCUT2D eigenvalue weighted by Crippen LogP contribution is -2.42. The third-order valence-corrected chi connectivity index (χ3v) is 2.67. The molecule has 1 heterocycles. The van der Waals surface area contributed by atoms with Crippen LogP contribution in [0.5, 0.6) is 0 Å². The molecule has 2 N–H and O–H groups in total. The van der Waals surface area contributed by atoms with Crippen LogP contribution in [0.1, 0.15) is 47.1 Å². The minimum atomic E-state index is -0.711. The third-order valence-electron chi connectivity index (χ3n) is 2.67. The Kier molecular flexibility index (Phi) is 5.81. The van der Waals surface area contributed by atoms with Crippen molar-refractivity contribution in [2.24, 2.45) is 0 Å². The molecule has 0 radical (unpaired) electrons. The largest absolute Gasteiger partial charge is 0.459 e. The van der Waals surface area contributed by atoms with Crippen molar-refractivity contribution < 1.29 is 19.1 Å². The zero-order valence-corrected chi connectivity index (χ0v) is 15.5. The zero-order valence-electron chi connectivity index (χ0n) is 15.5. The fraction of sp³-hybridized carbons (Fsp3) is 0.588. The number of esters is 1. The molecule has 0 aliphatic carbocycles. The summed E-state index contributed by atoms with van der Waals surface area (Å²) in [5, 5.41) is 0. The van der Waals surface area contributed by atoms with Gasteiger partial charge in [0, 0.05) is 0 Å². The number of ether oxygens (including phenoxy) is 2. The van der Waals surface area contributed by atoms with Gasteiger partial charge in [-0.15, -0.1) is 0 Å². The van der Waals surface area contributed by atoms with E-state index in [0.717, 1.165) is 4.90 Å². The highest BCUT2D eigenvalue weighted by Gasteiger charge is 2.29. The first-order chi connectivity index (χ1) is 10.8. The Balaban J connectivity index is 3.14. The highest BCUT2D eigenvalue weighted by Crippen LogP contribution is 2.22. The number of anilines is 2. The van der Waals surface area contributed by atoms with Crippen molar-refractivity contribution in [1.82, 2.24) is 4.98 Å². The van der Waals surface area contributed by atoms with Crippen molar-refractivity contribution in [2.45, 2.75) is 59.7 Å². The van der Waals surface area contributed by atoms with E-state index in [1.807, 2.05) is 0 Å². The Hall–Kier alpha value is -2.31. The highest BCUT2D eigenvalue weighted by molar-refractivity contribution is 5.93. The van der Waals surface area contributed by atoms with Crippen molar-refractivity contribution in [3.8, 4) is 0 Å². The predicted molar refractivity (Wildman–Crippen MR) is 92.8 cm³/mol. The van der Waals surface area contributed by atoms with Crippen molar-refractivity contribution in [3.05, 3.63) is 17.7 Å². The molecule has 0 saturated heterocycles. The smallest absolute Gasteiger partial charge is 0.416 e. The second-order valence-electron chi connectivity index (χ2n) is 7.53. The minimum Gasteiger partial charge on any atom is -0.459 e. The predicted octanol–water partition coefficient (Wildman–Crippen LogP) is 3.06. The lowest BCUT2D eigenvalue weighted by molar-refractivity contribution is -0.153. The minimum absolute atomic E-state index is 0.244. The Morgan fingerprint density at radius 1 is 1.08 bits per heavy atom. The zero-order chi connectivity index (χ0) is 18.7. The summed E-state index contributed by atoms with van der Waals surface area (Å²) in [6.07, 6.45) is -0.686. The highest BCUT2D eigenvalue weighted by atomic mass is 16.6. The van der Waals surface area contributed by atoms with Crippen LogP contribution in [0, 0.1) is 6.92 Å². The number of aryl methyl sites for hydroxylation is 1. The summed E-state index contributed by atoms with van der Waals surface area (Å²) >= 11 is 0. The fourth-order valence-corrected chi connectivity index (χ4v) is 1.85. The number of nitrogens with zero attached hydrogens (tertiary/aromatic N) is 2. The number of hydrogen-bond acceptors (Lipinski definition) is 6. The lowest BCUT2D eigenvalue weighted by atomic mass is 10.2. The normalized spacial score (nSPS) is 11.8. The summed E-state index contributed by atoms with van der Waals surface area (Å²) < 4.78 is 10.7. The first kappa shape index (κ1) is 19.7. The molecule has 0 aromatic carbocycles. The Morgan fingerprint density at radius 3 is 2.12 bits per heavy atom. The van der Waals surface area contributed by atoms with Gasteiger partial charge in [-0.3, -0.25) is 4.79 Å². The Bertz CT molecular complexity index is 615. The number of rotatable bonds is 3. The molecule has 0 spiro atoms. The average molecular weight is 337 g/mol. The number of aromatic nitrogens is 1. The van der Waals surface area contributed by atoms with Gasteiger partial charge in [0.05, 0.1) is 0 Å². The maximum atomic E-state index is 12.5. The monoisotopic (exact) mass is 337 g/mol. The van der Waals surface area contributed by atoms with E-state index in [0.29, 0.717) is 5.56 Å². The third kappa shape index (κ3) is 6.44. The number of amides is 1. The van der Waals surface area contributed by atoms with Gasteiger partial charge < -0.3 is 15.2 Å². The molecule has 0 atom stereocenters.